The maximum absolute atomic E-state index is 12.3. The van der Waals surface area contributed by atoms with Crippen LogP contribution in [0.25, 0.3) is 0 Å². The highest BCUT2D eigenvalue weighted by Gasteiger charge is 2.32. The minimum absolute atomic E-state index is 0.335. The van der Waals surface area contributed by atoms with E-state index in [4.69, 9.17) is 0 Å². The Hall–Kier alpha value is -1.69. The van der Waals surface area contributed by atoms with Crippen LogP contribution in [0, 0.1) is 0 Å². The smallest absolute Gasteiger partial charge is 0.240 e. The molecule has 0 aromatic heterocycles. The van der Waals surface area contributed by atoms with E-state index in [0.29, 0.717) is 17.5 Å². The van der Waals surface area contributed by atoms with Crippen LogP contribution >= 0.6 is 0 Å². The van der Waals surface area contributed by atoms with Crippen LogP contribution in [-0.4, -0.2) is 33.0 Å². The van der Waals surface area contributed by atoms with E-state index >= 15 is 0 Å². The molecule has 1 atom stereocenters. The third kappa shape index (κ3) is 3.36. The number of rotatable bonds is 6. The summed E-state index contributed by atoms with van der Waals surface area (Å²) < 4.78 is 27.2. The molecule has 0 spiro atoms. The minimum Gasteiger partial charge on any atom is -0.296 e. The van der Waals surface area contributed by atoms with Crippen molar-refractivity contribution in [3.05, 3.63) is 65.2 Å². The lowest BCUT2D eigenvalue weighted by Gasteiger charge is -2.35. The molecule has 132 valence electrons. The zero-order chi connectivity index (χ0) is 17.3. The predicted molar refractivity (Wildman–Crippen MR) is 99.0 cm³/mol. The Morgan fingerprint density at radius 1 is 1.00 bits per heavy atom. The van der Waals surface area contributed by atoms with Crippen LogP contribution in [0.1, 0.15) is 35.6 Å². The summed E-state index contributed by atoms with van der Waals surface area (Å²) >= 11 is 0. The van der Waals surface area contributed by atoms with Gasteiger partial charge in [-0.25, -0.2) is 13.1 Å². The summed E-state index contributed by atoms with van der Waals surface area (Å²) in [6.45, 7) is 2.50. The molecule has 1 N–H and O–H groups in total. The van der Waals surface area contributed by atoms with Crippen molar-refractivity contribution in [2.45, 2.75) is 36.6 Å². The highest BCUT2D eigenvalue weighted by atomic mass is 32.2. The first-order valence-electron chi connectivity index (χ1n) is 9.04. The first-order chi connectivity index (χ1) is 12.1. The lowest BCUT2D eigenvalue weighted by atomic mass is 9.93. The number of nitrogens with one attached hydrogen (secondary N) is 1. The van der Waals surface area contributed by atoms with Crippen LogP contribution < -0.4 is 4.72 Å². The molecule has 0 radical (unpaired) electrons. The van der Waals surface area contributed by atoms with Crippen molar-refractivity contribution in [1.82, 2.24) is 9.62 Å². The predicted octanol–water partition coefficient (Wildman–Crippen LogP) is 2.90. The number of benzene rings is 2. The van der Waals surface area contributed by atoms with Crippen LogP contribution in [0.15, 0.2) is 53.4 Å². The van der Waals surface area contributed by atoms with Crippen molar-refractivity contribution in [3.8, 4) is 0 Å². The van der Waals surface area contributed by atoms with Gasteiger partial charge in [-0.15, -0.1) is 0 Å². The van der Waals surface area contributed by atoms with E-state index in [9.17, 15) is 8.42 Å². The van der Waals surface area contributed by atoms with Crippen LogP contribution in [0.3, 0.4) is 0 Å². The molecule has 0 fully saturated rings. The molecule has 0 amide bonds. The topological polar surface area (TPSA) is 49.4 Å². The van der Waals surface area contributed by atoms with Gasteiger partial charge in [0.05, 0.1) is 4.90 Å². The maximum Gasteiger partial charge on any atom is 0.240 e. The second-order valence-electron chi connectivity index (χ2n) is 6.89. The normalized spacial score (nSPS) is 19.8. The Labute approximate surface area is 149 Å². The number of nitrogens with zero attached hydrogens (tertiary/aromatic N) is 1. The molecule has 4 nitrogen and oxygen atoms in total. The molecule has 2 aromatic rings. The van der Waals surface area contributed by atoms with Gasteiger partial charge in [0, 0.05) is 25.7 Å². The summed E-state index contributed by atoms with van der Waals surface area (Å²) in [6.07, 6.45) is 4.31. The molecular formula is C20H24N2O2S. The Balaban J connectivity index is 1.33. The summed E-state index contributed by atoms with van der Waals surface area (Å²) in [5, 5.41) is 0. The van der Waals surface area contributed by atoms with Crippen LogP contribution in [0.2, 0.25) is 0 Å². The Morgan fingerprint density at radius 2 is 1.76 bits per heavy atom. The van der Waals surface area contributed by atoms with Gasteiger partial charge in [0.25, 0.3) is 0 Å². The van der Waals surface area contributed by atoms with Crippen molar-refractivity contribution in [2.24, 2.45) is 0 Å². The molecule has 0 saturated heterocycles. The molecular weight excluding hydrogens is 332 g/mol. The van der Waals surface area contributed by atoms with E-state index in [0.717, 1.165) is 25.9 Å². The third-order valence-corrected chi connectivity index (χ3v) is 6.86. The summed E-state index contributed by atoms with van der Waals surface area (Å²) in [6, 6.07) is 15.8. The monoisotopic (exact) mass is 356 g/mol. The molecule has 4 rings (SSSR count). The number of aryl methyl sites for hydroxylation is 1. The van der Waals surface area contributed by atoms with E-state index in [1.54, 1.807) is 29.8 Å². The lowest BCUT2D eigenvalue weighted by molar-refractivity contribution is 0.184. The van der Waals surface area contributed by atoms with Crippen molar-refractivity contribution >= 4 is 10.0 Å². The summed E-state index contributed by atoms with van der Waals surface area (Å²) in [5.74, 6) is 0. The zero-order valence-electron chi connectivity index (χ0n) is 14.3. The van der Waals surface area contributed by atoms with Gasteiger partial charge in [0.2, 0.25) is 10.0 Å². The first-order valence-corrected chi connectivity index (χ1v) is 10.5. The van der Waals surface area contributed by atoms with Crippen LogP contribution in [0.4, 0.5) is 0 Å². The van der Waals surface area contributed by atoms with Crippen molar-refractivity contribution in [1.29, 1.82) is 0 Å². The van der Waals surface area contributed by atoms with E-state index < -0.39 is 10.0 Å². The second kappa shape index (κ2) is 6.90. The fourth-order valence-corrected chi connectivity index (χ4v) is 5.29. The quantitative estimate of drug-likeness (QED) is 0.810. The van der Waals surface area contributed by atoms with Gasteiger partial charge in [-0.3, -0.25) is 4.90 Å². The number of sulfonamides is 1. The van der Waals surface area contributed by atoms with Crippen LogP contribution in [-0.2, 0) is 22.9 Å². The minimum atomic E-state index is -3.39. The van der Waals surface area contributed by atoms with E-state index in [-0.39, 0.29) is 0 Å². The van der Waals surface area contributed by atoms with Gasteiger partial charge in [-0.05, 0) is 54.5 Å². The second-order valence-corrected chi connectivity index (χ2v) is 8.66. The van der Waals surface area contributed by atoms with E-state index in [2.05, 4.69) is 27.8 Å². The molecule has 1 aliphatic carbocycles. The van der Waals surface area contributed by atoms with Gasteiger partial charge in [-0.2, -0.15) is 0 Å². The van der Waals surface area contributed by atoms with Gasteiger partial charge < -0.3 is 0 Å². The molecule has 2 aliphatic rings. The van der Waals surface area contributed by atoms with E-state index in [1.807, 2.05) is 6.07 Å². The van der Waals surface area contributed by atoms with Gasteiger partial charge in [-0.1, -0.05) is 36.4 Å². The Kier molecular flexibility index (Phi) is 4.63. The highest BCUT2D eigenvalue weighted by molar-refractivity contribution is 7.89. The van der Waals surface area contributed by atoms with Crippen LogP contribution in [0.5, 0.6) is 0 Å². The number of hydrogen-bond acceptors (Lipinski definition) is 3. The molecule has 25 heavy (non-hydrogen) atoms. The molecule has 1 aliphatic heterocycles. The van der Waals surface area contributed by atoms with Crippen molar-refractivity contribution < 1.29 is 8.42 Å². The van der Waals surface area contributed by atoms with Gasteiger partial charge in [0.15, 0.2) is 0 Å². The summed E-state index contributed by atoms with van der Waals surface area (Å²) in [4.78, 5) is 2.87. The average molecular weight is 356 g/mol. The molecule has 0 bridgehead atoms. The molecule has 2 aromatic carbocycles. The van der Waals surface area contributed by atoms with Crippen molar-refractivity contribution in [3.63, 3.8) is 0 Å². The van der Waals surface area contributed by atoms with Gasteiger partial charge >= 0.3 is 0 Å². The molecule has 0 saturated carbocycles. The molecule has 5 heteroatoms. The fraction of sp³-hybridized carbons (Fsp3) is 0.400. The lowest BCUT2D eigenvalue weighted by Crippen LogP contribution is -2.36. The van der Waals surface area contributed by atoms with Gasteiger partial charge in [0.1, 0.15) is 0 Å². The highest BCUT2D eigenvalue weighted by Crippen LogP contribution is 2.41. The number of hydrogen-bond donors (Lipinski definition) is 1. The Bertz CT molecular complexity index is 849. The first kappa shape index (κ1) is 16.8. The standard InChI is InChI=1S/C20H24N2O2S/c23-25(24,18-8-2-1-3-9-18)21-13-5-14-22-15-12-17-7-4-6-16-10-11-19(22)20(16)17/h1-4,6-9,19,21H,5,10-15H2. The summed E-state index contributed by atoms with van der Waals surface area (Å²) in [7, 11) is -3.39. The van der Waals surface area contributed by atoms with E-state index in [1.165, 1.54) is 24.0 Å². The largest absolute Gasteiger partial charge is 0.296 e. The zero-order valence-corrected chi connectivity index (χ0v) is 15.1. The Morgan fingerprint density at radius 3 is 2.56 bits per heavy atom. The summed E-state index contributed by atoms with van der Waals surface area (Å²) in [5.41, 5.74) is 4.58. The van der Waals surface area contributed by atoms with Crippen molar-refractivity contribution in [2.75, 3.05) is 19.6 Å². The average Bonchev–Trinajstić information content (AvgIpc) is 3.07. The SMILES string of the molecule is O=S(=O)(NCCCN1CCc2cccc3c2C1CC3)c1ccccc1. The molecule has 1 unspecified atom stereocenters. The fourth-order valence-electron chi connectivity index (χ4n) is 4.19. The maximum atomic E-state index is 12.3. The third-order valence-electron chi connectivity index (χ3n) is 5.38. The molecule has 1 heterocycles.